The van der Waals surface area contributed by atoms with Crippen molar-refractivity contribution in [1.82, 2.24) is 0 Å². The number of amides is 2. The van der Waals surface area contributed by atoms with E-state index < -0.39 is 4.92 Å². The third kappa shape index (κ3) is 3.81. The Morgan fingerprint density at radius 1 is 0.912 bits per heavy atom. The molecule has 2 aromatic carbocycles. The second kappa shape index (κ2) is 8.74. The van der Waals surface area contributed by atoms with Gasteiger partial charge in [-0.05, 0) is 51.0 Å². The molecule has 3 atom stereocenters. The lowest BCUT2D eigenvalue weighted by Crippen LogP contribution is -2.52. The van der Waals surface area contributed by atoms with E-state index in [1.54, 1.807) is 12.1 Å². The van der Waals surface area contributed by atoms with Gasteiger partial charge in [0.15, 0.2) is 0 Å². The van der Waals surface area contributed by atoms with Crippen LogP contribution in [0.5, 0.6) is 0 Å². The number of benzene rings is 2. The number of carbonyl (C=O) groups is 2. The minimum atomic E-state index is -0.409. The van der Waals surface area contributed by atoms with E-state index in [2.05, 4.69) is 43.0 Å². The molecule has 8 heteroatoms. The highest BCUT2D eigenvalue weighted by Gasteiger charge is 2.49. The van der Waals surface area contributed by atoms with Crippen LogP contribution in [0.4, 0.5) is 22.7 Å². The fourth-order valence-electron chi connectivity index (χ4n) is 5.78. The molecule has 0 aromatic heterocycles. The van der Waals surface area contributed by atoms with E-state index in [1.807, 2.05) is 4.90 Å². The molecule has 34 heavy (non-hydrogen) atoms. The Morgan fingerprint density at radius 2 is 1.53 bits per heavy atom. The maximum Gasteiger partial charge on any atom is 0.294 e. The molecule has 1 saturated carbocycles. The molecule has 2 amide bonds. The van der Waals surface area contributed by atoms with Crippen LogP contribution in [0.15, 0.2) is 42.5 Å². The summed E-state index contributed by atoms with van der Waals surface area (Å²) in [5, 5.41) is 12.0. The Morgan fingerprint density at radius 3 is 2.12 bits per heavy atom. The summed E-state index contributed by atoms with van der Waals surface area (Å²) < 4.78 is 0. The molecule has 5 rings (SSSR count). The van der Waals surface area contributed by atoms with Crippen molar-refractivity contribution >= 4 is 34.6 Å². The van der Waals surface area contributed by atoms with Crippen LogP contribution >= 0.6 is 0 Å². The number of fused-ring (bicyclic) bond motifs is 1. The number of carbonyl (C=O) groups excluding carboxylic acids is 2. The number of hydrogen-bond donors (Lipinski definition) is 0. The Labute approximate surface area is 199 Å². The van der Waals surface area contributed by atoms with E-state index in [0.717, 1.165) is 37.9 Å². The predicted octanol–water partition coefficient (Wildman–Crippen LogP) is 4.30. The molecule has 0 radical (unpaired) electrons. The molecular formula is C26H30N4O4. The van der Waals surface area contributed by atoms with Crippen molar-refractivity contribution in [1.29, 1.82) is 0 Å². The molecule has 8 nitrogen and oxygen atoms in total. The fourth-order valence-corrected chi connectivity index (χ4v) is 5.78. The molecule has 0 unspecified atom stereocenters. The lowest BCUT2D eigenvalue weighted by Gasteiger charge is -2.42. The van der Waals surface area contributed by atoms with Crippen LogP contribution in [0.3, 0.4) is 0 Å². The van der Waals surface area contributed by atoms with Crippen molar-refractivity contribution < 1.29 is 14.5 Å². The highest BCUT2D eigenvalue weighted by atomic mass is 16.6. The molecule has 0 bridgehead atoms. The maximum absolute atomic E-state index is 13.0. The quantitative estimate of drug-likeness (QED) is 0.383. The van der Waals surface area contributed by atoms with E-state index in [9.17, 15) is 19.7 Å². The van der Waals surface area contributed by atoms with Gasteiger partial charge in [0, 0.05) is 37.4 Å². The first-order valence-corrected chi connectivity index (χ1v) is 12.1. The zero-order chi connectivity index (χ0) is 24.0. The number of anilines is 3. The Balaban J connectivity index is 1.39. The smallest absolute Gasteiger partial charge is 0.294 e. The average Bonchev–Trinajstić information content (AvgIpc) is 3.09. The first-order chi connectivity index (χ1) is 16.3. The molecule has 3 fully saturated rings. The SMILES string of the molecule is Cc1ccc(N2CCN(c3ccc(N4C(=O)[C@H]5CCCC[C@H]5C4=O)cc3[N+](=O)[O-])C[C@H]2C)cc1. The van der Waals surface area contributed by atoms with Gasteiger partial charge >= 0.3 is 0 Å². The number of hydrogen-bond acceptors (Lipinski definition) is 6. The minimum Gasteiger partial charge on any atom is -0.365 e. The first-order valence-electron chi connectivity index (χ1n) is 12.1. The lowest BCUT2D eigenvalue weighted by molar-refractivity contribution is -0.384. The van der Waals surface area contributed by atoms with Gasteiger partial charge in [-0.2, -0.15) is 0 Å². The van der Waals surface area contributed by atoms with Crippen molar-refractivity contribution in [3.63, 3.8) is 0 Å². The van der Waals surface area contributed by atoms with Crippen molar-refractivity contribution in [2.24, 2.45) is 11.8 Å². The summed E-state index contributed by atoms with van der Waals surface area (Å²) in [6, 6.07) is 13.4. The normalized spacial score (nSPS) is 25.0. The van der Waals surface area contributed by atoms with Crippen molar-refractivity contribution in [3.05, 3.63) is 58.1 Å². The summed E-state index contributed by atoms with van der Waals surface area (Å²) >= 11 is 0. The largest absolute Gasteiger partial charge is 0.365 e. The summed E-state index contributed by atoms with van der Waals surface area (Å²) in [6.45, 7) is 6.21. The standard InChI is InChI=1S/C26H30N4O4/c1-17-7-9-19(10-8-17)28-14-13-27(16-18(28)2)23-12-11-20(15-24(23)30(33)34)29-25(31)21-5-3-4-6-22(21)26(29)32/h7-12,15,18,21-22H,3-6,13-14,16H2,1-2H3/t18-,21-,22+/m1/s1. The van der Waals surface area contributed by atoms with Gasteiger partial charge in [0.25, 0.3) is 5.69 Å². The molecule has 3 aliphatic rings. The summed E-state index contributed by atoms with van der Waals surface area (Å²) in [4.78, 5) is 43.1. The van der Waals surface area contributed by atoms with Crippen LogP contribution in [0, 0.1) is 28.9 Å². The fraction of sp³-hybridized carbons (Fsp3) is 0.462. The van der Waals surface area contributed by atoms with Crippen LogP contribution in [-0.2, 0) is 9.59 Å². The second-order valence-electron chi connectivity index (χ2n) is 9.76. The van der Waals surface area contributed by atoms with E-state index in [-0.39, 0.29) is 35.4 Å². The number of rotatable bonds is 4. The monoisotopic (exact) mass is 462 g/mol. The van der Waals surface area contributed by atoms with Crippen LogP contribution in [0.25, 0.3) is 0 Å². The molecule has 2 aliphatic heterocycles. The Hall–Kier alpha value is -3.42. The van der Waals surface area contributed by atoms with Crippen LogP contribution < -0.4 is 14.7 Å². The summed E-state index contributed by atoms with van der Waals surface area (Å²) in [5.41, 5.74) is 3.13. The second-order valence-corrected chi connectivity index (χ2v) is 9.76. The first kappa shape index (κ1) is 22.4. The number of nitro benzene ring substituents is 1. The van der Waals surface area contributed by atoms with E-state index in [0.29, 0.717) is 24.5 Å². The number of nitro groups is 1. The maximum atomic E-state index is 13.0. The molecular weight excluding hydrogens is 432 g/mol. The molecule has 0 N–H and O–H groups in total. The molecule has 2 aromatic rings. The molecule has 1 aliphatic carbocycles. The van der Waals surface area contributed by atoms with Crippen molar-refractivity contribution in [2.75, 3.05) is 34.3 Å². The van der Waals surface area contributed by atoms with Gasteiger partial charge in [-0.1, -0.05) is 30.5 Å². The summed E-state index contributed by atoms with van der Waals surface area (Å²) in [5.74, 6) is -0.986. The minimum absolute atomic E-state index is 0.0658. The molecule has 2 saturated heterocycles. The van der Waals surface area contributed by atoms with E-state index in [1.165, 1.54) is 16.5 Å². The summed E-state index contributed by atoms with van der Waals surface area (Å²) in [6.07, 6.45) is 3.32. The Kier molecular flexibility index (Phi) is 5.75. The van der Waals surface area contributed by atoms with Gasteiger partial charge in [0.1, 0.15) is 5.69 Å². The van der Waals surface area contributed by atoms with E-state index >= 15 is 0 Å². The van der Waals surface area contributed by atoms with E-state index in [4.69, 9.17) is 0 Å². The topological polar surface area (TPSA) is 87.0 Å². The zero-order valence-corrected chi connectivity index (χ0v) is 19.6. The van der Waals surface area contributed by atoms with Crippen molar-refractivity contribution in [2.45, 2.75) is 45.6 Å². The average molecular weight is 463 g/mol. The van der Waals surface area contributed by atoms with Gasteiger partial charge in [-0.15, -0.1) is 0 Å². The van der Waals surface area contributed by atoms with Gasteiger partial charge < -0.3 is 9.80 Å². The van der Waals surface area contributed by atoms with Gasteiger partial charge in [0.05, 0.1) is 22.4 Å². The third-order valence-electron chi connectivity index (χ3n) is 7.59. The van der Waals surface area contributed by atoms with Crippen LogP contribution in [0.1, 0.15) is 38.2 Å². The number of nitrogens with zero attached hydrogens (tertiary/aromatic N) is 4. The van der Waals surface area contributed by atoms with Crippen LogP contribution in [-0.4, -0.2) is 42.4 Å². The zero-order valence-electron chi connectivity index (χ0n) is 19.6. The molecule has 0 spiro atoms. The number of imide groups is 1. The summed E-state index contributed by atoms with van der Waals surface area (Å²) in [7, 11) is 0. The number of piperazine rings is 1. The highest BCUT2D eigenvalue weighted by molar-refractivity contribution is 6.22. The molecule has 178 valence electrons. The number of aryl methyl sites for hydroxylation is 1. The van der Waals surface area contributed by atoms with Gasteiger partial charge in [-0.3, -0.25) is 19.7 Å². The van der Waals surface area contributed by atoms with Crippen LogP contribution in [0.2, 0.25) is 0 Å². The van der Waals surface area contributed by atoms with Gasteiger partial charge in [-0.25, -0.2) is 4.90 Å². The van der Waals surface area contributed by atoms with Gasteiger partial charge in [0.2, 0.25) is 11.8 Å². The predicted molar refractivity (Wildman–Crippen MR) is 131 cm³/mol. The Bertz CT molecular complexity index is 1110. The highest BCUT2D eigenvalue weighted by Crippen LogP contribution is 2.42. The lowest BCUT2D eigenvalue weighted by atomic mass is 9.81. The van der Waals surface area contributed by atoms with Crippen molar-refractivity contribution in [3.8, 4) is 0 Å². The third-order valence-corrected chi connectivity index (χ3v) is 7.59. The molecule has 2 heterocycles.